The van der Waals surface area contributed by atoms with E-state index in [1.54, 1.807) is 12.1 Å². The highest BCUT2D eigenvalue weighted by Crippen LogP contribution is 2.31. The van der Waals surface area contributed by atoms with E-state index >= 15 is 0 Å². The number of anilines is 2. The van der Waals surface area contributed by atoms with Crippen molar-refractivity contribution in [3.8, 4) is 6.07 Å². The molecule has 0 heterocycles. The number of nitrogens with zero attached hydrogens (tertiary/aromatic N) is 1. The molecule has 5 heteroatoms. The van der Waals surface area contributed by atoms with E-state index in [9.17, 15) is 14.0 Å². The van der Waals surface area contributed by atoms with E-state index in [4.69, 9.17) is 0 Å². The van der Waals surface area contributed by atoms with Crippen LogP contribution >= 0.6 is 11.8 Å². The van der Waals surface area contributed by atoms with Gasteiger partial charge in [0.25, 0.3) is 0 Å². The normalized spacial score (nSPS) is 10.2. The Bertz CT molecular complexity index is 708. The van der Waals surface area contributed by atoms with Crippen molar-refractivity contribution < 1.29 is 8.78 Å². The van der Waals surface area contributed by atoms with Crippen LogP contribution < -0.4 is 5.32 Å². The van der Waals surface area contributed by atoms with Gasteiger partial charge >= 0.3 is 0 Å². The lowest BCUT2D eigenvalue weighted by atomic mass is 10.1. The molecule has 0 bridgehead atoms. The molecule has 0 aromatic heterocycles. The summed E-state index contributed by atoms with van der Waals surface area (Å²) >= 11 is 1.53. The van der Waals surface area contributed by atoms with E-state index in [0.29, 0.717) is 11.3 Å². The zero-order valence-electron chi connectivity index (χ0n) is 11.7. The molecule has 0 radical (unpaired) electrons. The van der Waals surface area contributed by atoms with Gasteiger partial charge in [0, 0.05) is 11.0 Å². The average molecular weight is 304 g/mol. The molecule has 0 saturated carbocycles. The Morgan fingerprint density at radius 1 is 1.19 bits per heavy atom. The molecule has 2 aromatic carbocycles. The first-order chi connectivity index (χ1) is 10.1. The molecule has 108 valence electrons. The lowest BCUT2D eigenvalue weighted by Crippen LogP contribution is -1.99. The Balaban J connectivity index is 2.43. The van der Waals surface area contributed by atoms with Crippen LogP contribution in [0.4, 0.5) is 20.2 Å². The molecule has 0 unspecified atom stereocenters. The SMILES string of the molecule is CCSc1cccc(Nc2cc(F)c(C)cc2F)c1C#N. The second-order valence-electron chi connectivity index (χ2n) is 4.43. The fourth-order valence-corrected chi connectivity index (χ4v) is 2.70. The highest BCUT2D eigenvalue weighted by atomic mass is 32.2. The van der Waals surface area contributed by atoms with Crippen LogP contribution in [0, 0.1) is 29.9 Å². The molecule has 21 heavy (non-hydrogen) atoms. The fourth-order valence-electron chi connectivity index (χ4n) is 1.91. The minimum atomic E-state index is -0.550. The molecule has 2 nitrogen and oxygen atoms in total. The summed E-state index contributed by atoms with van der Waals surface area (Å²) in [6.45, 7) is 3.49. The number of rotatable bonds is 4. The van der Waals surface area contributed by atoms with Crippen LogP contribution in [0.2, 0.25) is 0 Å². The van der Waals surface area contributed by atoms with Gasteiger partial charge in [-0.25, -0.2) is 8.78 Å². The Hall–Kier alpha value is -2.06. The minimum Gasteiger partial charge on any atom is -0.352 e. The lowest BCUT2D eigenvalue weighted by Gasteiger charge is -2.12. The average Bonchev–Trinajstić information content (AvgIpc) is 2.45. The third-order valence-electron chi connectivity index (χ3n) is 2.96. The monoisotopic (exact) mass is 304 g/mol. The second-order valence-corrected chi connectivity index (χ2v) is 5.74. The van der Waals surface area contributed by atoms with Crippen molar-refractivity contribution >= 4 is 23.1 Å². The highest BCUT2D eigenvalue weighted by molar-refractivity contribution is 7.99. The number of hydrogen-bond acceptors (Lipinski definition) is 3. The highest BCUT2D eigenvalue weighted by Gasteiger charge is 2.12. The quantitative estimate of drug-likeness (QED) is 0.807. The summed E-state index contributed by atoms with van der Waals surface area (Å²) in [6.07, 6.45) is 0. The van der Waals surface area contributed by atoms with Crippen LogP contribution in [0.5, 0.6) is 0 Å². The molecule has 2 rings (SSSR count). The van der Waals surface area contributed by atoms with Gasteiger partial charge in [-0.15, -0.1) is 11.8 Å². The van der Waals surface area contributed by atoms with Crippen LogP contribution in [0.25, 0.3) is 0 Å². The van der Waals surface area contributed by atoms with Crippen LogP contribution in [0.15, 0.2) is 35.2 Å². The first kappa shape index (κ1) is 15.3. The number of nitriles is 1. The fraction of sp³-hybridized carbons (Fsp3) is 0.188. The first-order valence-electron chi connectivity index (χ1n) is 6.45. The van der Waals surface area contributed by atoms with Crippen LogP contribution in [0.1, 0.15) is 18.1 Å². The van der Waals surface area contributed by atoms with Crippen molar-refractivity contribution in [1.82, 2.24) is 0 Å². The van der Waals surface area contributed by atoms with Gasteiger partial charge < -0.3 is 5.32 Å². The second kappa shape index (κ2) is 6.59. The summed E-state index contributed by atoms with van der Waals surface area (Å²) < 4.78 is 27.5. The minimum absolute atomic E-state index is 0.0215. The van der Waals surface area contributed by atoms with Gasteiger partial charge in [-0.2, -0.15) is 5.26 Å². The molecule has 0 saturated heterocycles. The van der Waals surface area contributed by atoms with E-state index < -0.39 is 11.6 Å². The molecule has 0 spiro atoms. The van der Waals surface area contributed by atoms with Crippen molar-refractivity contribution in [3.63, 3.8) is 0 Å². The van der Waals surface area contributed by atoms with Gasteiger partial charge in [0.05, 0.1) is 16.9 Å². The zero-order chi connectivity index (χ0) is 15.4. The van der Waals surface area contributed by atoms with Crippen molar-refractivity contribution in [2.75, 3.05) is 11.1 Å². The number of benzene rings is 2. The number of halogens is 2. The largest absolute Gasteiger partial charge is 0.352 e. The summed E-state index contributed by atoms with van der Waals surface area (Å²) in [4.78, 5) is 0.818. The Morgan fingerprint density at radius 3 is 2.62 bits per heavy atom. The maximum atomic E-state index is 13.9. The molecule has 1 N–H and O–H groups in total. The lowest BCUT2D eigenvalue weighted by molar-refractivity contribution is 0.595. The van der Waals surface area contributed by atoms with E-state index in [1.807, 2.05) is 13.0 Å². The van der Waals surface area contributed by atoms with Gasteiger partial charge in [0.15, 0.2) is 0 Å². The Morgan fingerprint density at radius 2 is 1.95 bits per heavy atom. The first-order valence-corrected chi connectivity index (χ1v) is 7.44. The summed E-state index contributed by atoms with van der Waals surface area (Å²) in [6, 6.07) is 9.65. The molecule has 0 atom stereocenters. The topological polar surface area (TPSA) is 35.8 Å². The van der Waals surface area contributed by atoms with Crippen LogP contribution in [0.3, 0.4) is 0 Å². The van der Waals surface area contributed by atoms with Crippen molar-refractivity contribution in [1.29, 1.82) is 5.26 Å². The Labute approximate surface area is 126 Å². The predicted octanol–water partition coefficient (Wildman–Crippen LogP) is 5.00. The van der Waals surface area contributed by atoms with Crippen molar-refractivity contribution in [2.24, 2.45) is 0 Å². The summed E-state index contributed by atoms with van der Waals surface area (Å²) in [5, 5.41) is 12.1. The number of thioether (sulfide) groups is 1. The number of aryl methyl sites for hydroxylation is 1. The van der Waals surface area contributed by atoms with E-state index in [0.717, 1.165) is 22.8 Å². The maximum absolute atomic E-state index is 13.9. The van der Waals surface area contributed by atoms with Crippen molar-refractivity contribution in [2.45, 2.75) is 18.7 Å². The van der Waals surface area contributed by atoms with Gasteiger partial charge in [-0.3, -0.25) is 0 Å². The van der Waals surface area contributed by atoms with Crippen LogP contribution in [-0.4, -0.2) is 5.75 Å². The number of hydrogen-bond donors (Lipinski definition) is 1. The summed E-state index contributed by atoms with van der Waals surface area (Å²) in [5.41, 5.74) is 1.17. The molecule has 0 aliphatic carbocycles. The molecule has 2 aromatic rings. The van der Waals surface area contributed by atoms with E-state index in [1.165, 1.54) is 18.7 Å². The van der Waals surface area contributed by atoms with Gasteiger partial charge in [0.2, 0.25) is 0 Å². The van der Waals surface area contributed by atoms with Crippen molar-refractivity contribution in [3.05, 3.63) is 53.1 Å². The third-order valence-corrected chi connectivity index (χ3v) is 3.90. The Kier molecular flexibility index (Phi) is 4.81. The summed E-state index contributed by atoms with van der Waals surface area (Å²) in [7, 11) is 0. The smallest absolute Gasteiger partial charge is 0.147 e. The van der Waals surface area contributed by atoms with Gasteiger partial charge in [-0.05, 0) is 36.4 Å². The number of nitrogens with one attached hydrogen (secondary N) is 1. The molecular weight excluding hydrogens is 290 g/mol. The zero-order valence-corrected chi connectivity index (χ0v) is 12.5. The molecule has 0 fully saturated rings. The maximum Gasteiger partial charge on any atom is 0.147 e. The third kappa shape index (κ3) is 3.34. The van der Waals surface area contributed by atoms with Gasteiger partial charge in [-0.1, -0.05) is 13.0 Å². The predicted molar refractivity (Wildman–Crippen MR) is 81.9 cm³/mol. The van der Waals surface area contributed by atoms with E-state index in [-0.39, 0.29) is 11.3 Å². The van der Waals surface area contributed by atoms with Crippen LogP contribution in [-0.2, 0) is 0 Å². The molecule has 0 aliphatic heterocycles. The van der Waals surface area contributed by atoms with Gasteiger partial charge in [0.1, 0.15) is 17.7 Å². The molecule has 0 amide bonds. The van der Waals surface area contributed by atoms with E-state index in [2.05, 4.69) is 11.4 Å². The molecular formula is C16H14F2N2S. The molecule has 0 aliphatic rings. The standard InChI is InChI=1S/C16H14F2N2S/c1-3-21-16-6-4-5-14(11(16)9-19)20-15-8-12(17)10(2)7-13(15)18/h4-8,20H,3H2,1-2H3. The summed E-state index contributed by atoms with van der Waals surface area (Å²) in [5.74, 6) is -0.214.